The first kappa shape index (κ1) is 16.3. The van der Waals surface area contributed by atoms with Gasteiger partial charge in [-0.3, -0.25) is 9.59 Å². The van der Waals surface area contributed by atoms with E-state index in [-0.39, 0.29) is 5.76 Å². The molecular weight excluding hydrogens is 316 g/mol. The molecule has 0 unspecified atom stereocenters. The van der Waals surface area contributed by atoms with Gasteiger partial charge in [0.1, 0.15) is 5.76 Å². The van der Waals surface area contributed by atoms with Crippen LogP contribution in [0.4, 0.5) is 5.69 Å². The van der Waals surface area contributed by atoms with Crippen LogP contribution < -0.4 is 5.32 Å². The van der Waals surface area contributed by atoms with Crippen LogP contribution in [0, 0.1) is 11.3 Å². The minimum absolute atomic E-state index is 0.332. The van der Waals surface area contributed by atoms with E-state index >= 15 is 0 Å². The second kappa shape index (κ2) is 7.25. The molecule has 0 spiro atoms. The SMILES string of the molecule is N#Cc1ccc(NC(=O)C(=O)C=C(O)c2ccc(Cl)cc2)cc1. The van der Waals surface area contributed by atoms with E-state index in [1.54, 1.807) is 12.1 Å². The molecule has 2 aromatic carbocycles. The van der Waals surface area contributed by atoms with E-state index < -0.39 is 11.7 Å². The third-order valence-corrected chi connectivity index (χ3v) is 3.16. The van der Waals surface area contributed by atoms with Crippen LogP contribution in [0.3, 0.4) is 0 Å². The predicted octanol–water partition coefficient (Wildman–Crippen LogP) is 3.32. The van der Waals surface area contributed by atoms with Crippen molar-refractivity contribution in [3.63, 3.8) is 0 Å². The lowest BCUT2D eigenvalue weighted by molar-refractivity contribution is -0.131. The first-order chi connectivity index (χ1) is 11.0. The lowest BCUT2D eigenvalue weighted by atomic mass is 10.1. The van der Waals surface area contributed by atoms with Gasteiger partial charge in [-0.25, -0.2) is 0 Å². The smallest absolute Gasteiger partial charge is 0.296 e. The maximum absolute atomic E-state index is 11.8. The van der Waals surface area contributed by atoms with Gasteiger partial charge < -0.3 is 10.4 Å². The molecule has 2 rings (SSSR count). The molecule has 5 nitrogen and oxygen atoms in total. The summed E-state index contributed by atoms with van der Waals surface area (Å²) in [5, 5.41) is 21.4. The number of nitrogens with one attached hydrogen (secondary N) is 1. The Bertz CT molecular complexity index is 803. The summed E-state index contributed by atoms with van der Waals surface area (Å²) >= 11 is 5.73. The number of halogens is 1. The van der Waals surface area contributed by atoms with Crippen LogP contribution in [0.25, 0.3) is 5.76 Å². The third-order valence-electron chi connectivity index (χ3n) is 2.90. The van der Waals surface area contributed by atoms with Gasteiger partial charge in [-0.15, -0.1) is 0 Å². The summed E-state index contributed by atoms with van der Waals surface area (Å²) in [6, 6.07) is 14.2. The number of carbonyl (C=O) groups is 2. The summed E-state index contributed by atoms with van der Waals surface area (Å²) in [5.41, 5.74) is 1.19. The van der Waals surface area contributed by atoms with Crippen LogP contribution in [0.2, 0.25) is 5.02 Å². The summed E-state index contributed by atoms with van der Waals surface area (Å²) in [7, 11) is 0. The second-order valence-corrected chi connectivity index (χ2v) is 4.98. The van der Waals surface area contributed by atoms with Crippen LogP contribution in [0.1, 0.15) is 11.1 Å². The van der Waals surface area contributed by atoms with Gasteiger partial charge in [0.05, 0.1) is 11.6 Å². The molecule has 0 fully saturated rings. The Balaban J connectivity index is 2.06. The molecule has 2 aromatic rings. The number of hydrogen-bond acceptors (Lipinski definition) is 4. The van der Waals surface area contributed by atoms with Crippen molar-refractivity contribution < 1.29 is 14.7 Å². The minimum Gasteiger partial charge on any atom is -0.507 e. The van der Waals surface area contributed by atoms with Crippen molar-refractivity contribution in [3.8, 4) is 6.07 Å². The van der Waals surface area contributed by atoms with Crippen molar-refractivity contribution in [3.05, 3.63) is 70.8 Å². The van der Waals surface area contributed by atoms with Crippen LogP contribution in [0.5, 0.6) is 0 Å². The van der Waals surface area contributed by atoms with Gasteiger partial charge >= 0.3 is 0 Å². The highest BCUT2D eigenvalue weighted by Crippen LogP contribution is 2.15. The molecule has 114 valence electrons. The molecule has 0 saturated heterocycles. The Morgan fingerprint density at radius 1 is 1.09 bits per heavy atom. The fourth-order valence-corrected chi connectivity index (χ4v) is 1.84. The van der Waals surface area contributed by atoms with Crippen LogP contribution >= 0.6 is 11.6 Å². The number of amides is 1. The Labute approximate surface area is 137 Å². The summed E-state index contributed by atoms with van der Waals surface area (Å²) in [6.07, 6.45) is 0.836. The summed E-state index contributed by atoms with van der Waals surface area (Å²) < 4.78 is 0. The van der Waals surface area contributed by atoms with Gasteiger partial charge in [0.15, 0.2) is 0 Å². The third kappa shape index (κ3) is 4.43. The molecular formula is C17H11ClN2O3. The number of nitriles is 1. The number of carbonyl (C=O) groups excluding carboxylic acids is 2. The van der Waals surface area contributed by atoms with Gasteiger partial charge in [-0.1, -0.05) is 11.6 Å². The summed E-state index contributed by atoms with van der Waals surface area (Å²) in [4.78, 5) is 23.6. The van der Waals surface area contributed by atoms with E-state index in [4.69, 9.17) is 16.9 Å². The largest absolute Gasteiger partial charge is 0.507 e. The molecule has 0 aliphatic heterocycles. The molecule has 0 aliphatic carbocycles. The molecule has 1 amide bonds. The molecule has 6 heteroatoms. The highest BCUT2D eigenvalue weighted by Gasteiger charge is 2.13. The zero-order valence-corrected chi connectivity index (χ0v) is 12.5. The lowest BCUT2D eigenvalue weighted by Crippen LogP contribution is -2.21. The highest BCUT2D eigenvalue weighted by molar-refractivity contribution is 6.45. The number of benzene rings is 2. The first-order valence-electron chi connectivity index (χ1n) is 6.51. The molecule has 0 aliphatic rings. The maximum Gasteiger partial charge on any atom is 0.296 e. The second-order valence-electron chi connectivity index (χ2n) is 4.54. The number of aliphatic hydroxyl groups is 1. The van der Waals surface area contributed by atoms with E-state index in [1.165, 1.54) is 36.4 Å². The Kier molecular flexibility index (Phi) is 5.13. The van der Waals surface area contributed by atoms with Crippen molar-refractivity contribution >= 4 is 34.7 Å². The van der Waals surface area contributed by atoms with Gasteiger partial charge in [0.25, 0.3) is 5.91 Å². The molecule has 0 saturated carbocycles. The monoisotopic (exact) mass is 326 g/mol. The molecule has 0 heterocycles. The summed E-state index contributed by atoms with van der Waals surface area (Å²) in [5.74, 6) is -2.13. The van der Waals surface area contributed by atoms with E-state index in [2.05, 4.69) is 5.32 Å². The fraction of sp³-hybridized carbons (Fsp3) is 0. The molecule has 0 bridgehead atoms. The predicted molar refractivity (Wildman–Crippen MR) is 86.9 cm³/mol. The lowest BCUT2D eigenvalue weighted by Gasteiger charge is -2.03. The number of hydrogen-bond donors (Lipinski definition) is 2. The van der Waals surface area contributed by atoms with Crippen molar-refractivity contribution in [1.29, 1.82) is 5.26 Å². The van der Waals surface area contributed by atoms with Crippen molar-refractivity contribution in [2.24, 2.45) is 0 Å². The van der Waals surface area contributed by atoms with Crippen molar-refractivity contribution in [1.82, 2.24) is 0 Å². The Morgan fingerprint density at radius 2 is 1.70 bits per heavy atom. The van der Waals surface area contributed by atoms with Gasteiger partial charge in [-0.2, -0.15) is 5.26 Å². The average Bonchev–Trinajstić information content (AvgIpc) is 2.56. The number of rotatable bonds is 4. The maximum atomic E-state index is 11.8. The topological polar surface area (TPSA) is 90.2 Å². The standard InChI is InChI=1S/C17H11ClN2O3/c18-13-5-3-12(4-6-13)15(21)9-16(22)17(23)20-14-7-1-11(10-19)2-8-14/h1-9,21H,(H,20,23). The molecule has 0 aromatic heterocycles. The number of nitrogens with zero attached hydrogens (tertiary/aromatic N) is 1. The number of aliphatic hydroxyl groups excluding tert-OH is 1. The van der Waals surface area contributed by atoms with Crippen molar-refractivity contribution in [2.75, 3.05) is 5.32 Å². The first-order valence-corrected chi connectivity index (χ1v) is 6.89. The normalized spacial score (nSPS) is 10.7. The summed E-state index contributed by atoms with van der Waals surface area (Å²) in [6.45, 7) is 0. The minimum atomic E-state index is -0.901. The zero-order chi connectivity index (χ0) is 16.8. The molecule has 0 atom stereocenters. The average molecular weight is 327 g/mol. The number of anilines is 1. The van der Waals surface area contributed by atoms with Crippen molar-refractivity contribution in [2.45, 2.75) is 0 Å². The van der Waals surface area contributed by atoms with Gasteiger partial charge in [-0.05, 0) is 48.5 Å². The molecule has 0 radical (unpaired) electrons. The van der Waals surface area contributed by atoms with E-state index in [9.17, 15) is 14.7 Å². The van der Waals surface area contributed by atoms with E-state index in [1.807, 2.05) is 6.07 Å². The van der Waals surface area contributed by atoms with Crippen LogP contribution in [-0.2, 0) is 9.59 Å². The Morgan fingerprint density at radius 3 is 2.26 bits per heavy atom. The van der Waals surface area contributed by atoms with Crippen LogP contribution in [0.15, 0.2) is 54.6 Å². The van der Waals surface area contributed by atoms with Gasteiger partial charge in [0.2, 0.25) is 5.78 Å². The Hall–Kier alpha value is -3.10. The van der Waals surface area contributed by atoms with Crippen LogP contribution in [-0.4, -0.2) is 16.8 Å². The zero-order valence-electron chi connectivity index (χ0n) is 11.8. The fourth-order valence-electron chi connectivity index (χ4n) is 1.71. The number of ketones is 1. The molecule has 2 N–H and O–H groups in total. The van der Waals surface area contributed by atoms with E-state index in [0.29, 0.717) is 21.8 Å². The quantitative estimate of drug-likeness (QED) is 0.512. The molecule has 23 heavy (non-hydrogen) atoms. The highest BCUT2D eigenvalue weighted by atomic mass is 35.5. The van der Waals surface area contributed by atoms with Gasteiger partial charge in [0, 0.05) is 22.3 Å². The van der Waals surface area contributed by atoms with E-state index in [0.717, 1.165) is 6.08 Å².